The number of aliphatic hydroxyl groups excluding tert-OH is 3. The summed E-state index contributed by atoms with van der Waals surface area (Å²) in [6.07, 6.45) is -8.33. The molecule has 0 bridgehead atoms. The number of Topliss-reactive ketones (excluding diaryl/α,β-unsaturated/α-hetero) is 1. The molecule has 10 nitrogen and oxygen atoms in total. The van der Waals surface area contributed by atoms with Gasteiger partial charge < -0.3 is 40.1 Å². The third kappa shape index (κ3) is 5.12. The standard InChI is InChI=1S/C21H22O10/c22-11-5-7-15(24)13(9-11)14(23)6-4-10-2-1-3-12(8-10)30-21-18(27)16(25)17(26)19(31-21)20(28)29/h1-3,5,7-9,16-19,21-22,24-27H,4,6H2,(H,28,29). The lowest BCUT2D eigenvalue weighted by atomic mass is 9.99. The van der Waals surface area contributed by atoms with E-state index in [2.05, 4.69) is 0 Å². The first kappa shape index (κ1) is 22.5. The predicted octanol–water partition coefficient (Wildman–Crippen LogP) is 0.184. The zero-order valence-electron chi connectivity index (χ0n) is 16.2. The summed E-state index contributed by atoms with van der Waals surface area (Å²) in [5.74, 6) is -2.10. The van der Waals surface area contributed by atoms with Gasteiger partial charge in [0, 0.05) is 6.42 Å². The topological polar surface area (TPSA) is 174 Å². The molecule has 31 heavy (non-hydrogen) atoms. The van der Waals surface area contributed by atoms with E-state index in [4.69, 9.17) is 14.6 Å². The van der Waals surface area contributed by atoms with E-state index in [1.54, 1.807) is 18.2 Å². The Morgan fingerprint density at radius 3 is 2.42 bits per heavy atom. The minimum Gasteiger partial charge on any atom is -0.508 e. The van der Waals surface area contributed by atoms with Crippen molar-refractivity contribution in [1.29, 1.82) is 0 Å². The molecule has 1 aliphatic heterocycles. The molecule has 0 saturated carbocycles. The second-order valence-electron chi connectivity index (χ2n) is 7.12. The fourth-order valence-electron chi connectivity index (χ4n) is 3.20. The van der Waals surface area contributed by atoms with E-state index in [1.807, 2.05) is 0 Å². The number of hydrogen-bond acceptors (Lipinski definition) is 9. The number of carbonyl (C=O) groups excluding carboxylic acids is 1. The number of carboxylic acid groups (broad SMARTS) is 1. The van der Waals surface area contributed by atoms with Gasteiger partial charge in [0.25, 0.3) is 0 Å². The Morgan fingerprint density at radius 2 is 1.71 bits per heavy atom. The number of hydrogen-bond donors (Lipinski definition) is 6. The van der Waals surface area contributed by atoms with Crippen LogP contribution in [0, 0.1) is 0 Å². The monoisotopic (exact) mass is 434 g/mol. The molecule has 3 rings (SSSR count). The fraction of sp³-hybridized carbons (Fsp3) is 0.333. The molecule has 1 fully saturated rings. The van der Waals surface area contributed by atoms with Gasteiger partial charge in [-0.2, -0.15) is 0 Å². The van der Waals surface area contributed by atoms with Crippen LogP contribution in [0.15, 0.2) is 42.5 Å². The number of aryl methyl sites for hydroxylation is 1. The molecule has 5 unspecified atom stereocenters. The van der Waals surface area contributed by atoms with Crippen molar-refractivity contribution in [3.63, 3.8) is 0 Å². The summed E-state index contributed by atoms with van der Waals surface area (Å²) in [6.45, 7) is 0. The number of carbonyl (C=O) groups is 2. The number of aliphatic carboxylic acids is 1. The van der Waals surface area contributed by atoms with Crippen LogP contribution < -0.4 is 4.74 Å². The van der Waals surface area contributed by atoms with Crippen molar-refractivity contribution >= 4 is 11.8 Å². The molecule has 0 aliphatic carbocycles. The maximum atomic E-state index is 12.3. The maximum absolute atomic E-state index is 12.3. The van der Waals surface area contributed by atoms with E-state index >= 15 is 0 Å². The number of rotatable bonds is 7. The van der Waals surface area contributed by atoms with Crippen molar-refractivity contribution < 1.29 is 49.7 Å². The van der Waals surface area contributed by atoms with E-state index in [0.717, 1.165) is 0 Å². The quantitative estimate of drug-likeness (QED) is 0.261. The minimum atomic E-state index is -1.82. The van der Waals surface area contributed by atoms with Crippen LogP contribution in [-0.4, -0.2) is 73.1 Å². The maximum Gasteiger partial charge on any atom is 0.335 e. The van der Waals surface area contributed by atoms with E-state index < -0.39 is 36.7 Å². The molecule has 2 aromatic rings. The lowest BCUT2D eigenvalue weighted by molar-refractivity contribution is -0.271. The Bertz CT molecular complexity index is 959. The van der Waals surface area contributed by atoms with E-state index in [9.17, 15) is 35.1 Å². The van der Waals surface area contributed by atoms with Gasteiger partial charge in [-0.25, -0.2) is 4.79 Å². The van der Waals surface area contributed by atoms with Gasteiger partial charge in [0.05, 0.1) is 5.56 Å². The highest BCUT2D eigenvalue weighted by Gasteiger charge is 2.48. The number of ketones is 1. The summed E-state index contributed by atoms with van der Waals surface area (Å²) >= 11 is 0. The molecular formula is C21H22O10. The van der Waals surface area contributed by atoms with Crippen molar-refractivity contribution in [3.8, 4) is 17.2 Å². The van der Waals surface area contributed by atoms with Crippen LogP contribution in [0.2, 0.25) is 0 Å². The number of aliphatic hydroxyl groups is 3. The Morgan fingerprint density at radius 1 is 0.968 bits per heavy atom. The summed E-state index contributed by atoms with van der Waals surface area (Å²) in [5.41, 5.74) is 0.657. The van der Waals surface area contributed by atoms with E-state index in [1.165, 1.54) is 24.3 Å². The minimum absolute atomic E-state index is 0.00149. The number of aromatic hydroxyl groups is 2. The number of phenolic OH excluding ortho intramolecular Hbond substituents is 2. The van der Waals surface area contributed by atoms with Crippen LogP contribution in [0.25, 0.3) is 0 Å². The van der Waals surface area contributed by atoms with Gasteiger partial charge in [0.2, 0.25) is 6.29 Å². The summed E-state index contributed by atoms with van der Waals surface area (Å²) in [5, 5.41) is 58.0. The molecular weight excluding hydrogens is 412 g/mol. The molecule has 0 amide bonds. The van der Waals surface area contributed by atoms with Crippen molar-refractivity contribution in [2.24, 2.45) is 0 Å². The number of ether oxygens (including phenoxy) is 2. The second kappa shape index (κ2) is 9.31. The van der Waals surface area contributed by atoms with Crippen LogP contribution in [0.1, 0.15) is 22.3 Å². The molecule has 10 heteroatoms. The highest BCUT2D eigenvalue weighted by molar-refractivity contribution is 5.99. The summed E-state index contributed by atoms with van der Waals surface area (Å²) in [4.78, 5) is 23.5. The lowest BCUT2D eigenvalue weighted by Crippen LogP contribution is -2.61. The van der Waals surface area contributed by atoms with Crippen molar-refractivity contribution in [2.75, 3.05) is 0 Å². The molecule has 6 N–H and O–H groups in total. The molecule has 0 aromatic heterocycles. The molecule has 0 spiro atoms. The van der Waals surface area contributed by atoms with E-state index in [0.29, 0.717) is 5.56 Å². The molecule has 166 valence electrons. The zero-order valence-corrected chi connectivity index (χ0v) is 16.2. The Balaban J connectivity index is 1.67. The van der Waals surface area contributed by atoms with Gasteiger partial charge in [0.1, 0.15) is 35.6 Å². The number of benzene rings is 2. The third-order valence-corrected chi connectivity index (χ3v) is 4.88. The molecule has 1 saturated heterocycles. The highest BCUT2D eigenvalue weighted by atomic mass is 16.7. The Labute approximate surface area is 176 Å². The molecule has 1 aliphatic rings. The smallest absolute Gasteiger partial charge is 0.335 e. The van der Waals surface area contributed by atoms with Crippen molar-refractivity contribution in [2.45, 2.75) is 43.5 Å². The molecule has 1 heterocycles. The van der Waals surface area contributed by atoms with Crippen molar-refractivity contribution in [3.05, 3.63) is 53.6 Å². The third-order valence-electron chi connectivity index (χ3n) is 4.88. The van der Waals surface area contributed by atoms with Crippen molar-refractivity contribution in [1.82, 2.24) is 0 Å². The van der Waals surface area contributed by atoms with Crippen LogP contribution >= 0.6 is 0 Å². The first-order valence-corrected chi connectivity index (χ1v) is 9.40. The normalized spacial score (nSPS) is 25.7. The fourth-order valence-corrected chi connectivity index (χ4v) is 3.20. The molecule has 0 radical (unpaired) electrons. The van der Waals surface area contributed by atoms with Gasteiger partial charge in [-0.05, 0) is 42.3 Å². The van der Waals surface area contributed by atoms with Gasteiger partial charge in [0.15, 0.2) is 11.9 Å². The van der Waals surface area contributed by atoms with Crippen LogP contribution in [0.4, 0.5) is 0 Å². The zero-order chi connectivity index (χ0) is 22.7. The Kier molecular flexibility index (Phi) is 6.76. The lowest BCUT2D eigenvalue weighted by Gasteiger charge is -2.38. The van der Waals surface area contributed by atoms with Crippen LogP contribution in [0.5, 0.6) is 17.2 Å². The van der Waals surface area contributed by atoms with Gasteiger partial charge in [-0.3, -0.25) is 4.79 Å². The summed E-state index contributed by atoms with van der Waals surface area (Å²) in [6, 6.07) is 10.0. The van der Waals surface area contributed by atoms with Gasteiger partial charge in [-0.15, -0.1) is 0 Å². The van der Waals surface area contributed by atoms with Gasteiger partial charge in [-0.1, -0.05) is 12.1 Å². The molecule has 5 atom stereocenters. The number of carboxylic acids is 1. The first-order chi connectivity index (χ1) is 14.7. The van der Waals surface area contributed by atoms with Crippen LogP contribution in [0.3, 0.4) is 0 Å². The van der Waals surface area contributed by atoms with Gasteiger partial charge >= 0.3 is 5.97 Å². The molecule has 2 aromatic carbocycles. The summed E-state index contributed by atoms with van der Waals surface area (Å²) < 4.78 is 10.5. The summed E-state index contributed by atoms with van der Waals surface area (Å²) in [7, 11) is 0. The van der Waals surface area contributed by atoms with Crippen LogP contribution in [-0.2, 0) is 16.0 Å². The average Bonchev–Trinajstić information content (AvgIpc) is 2.74. The average molecular weight is 434 g/mol. The van der Waals surface area contributed by atoms with E-state index in [-0.39, 0.29) is 41.4 Å². The number of phenols is 2. The largest absolute Gasteiger partial charge is 0.508 e. The predicted molar refractivity (Wildman–Crippen MR) is 104 cm³/mol. The first-order valence-electron chi connectivity index (χ1n) is 9.40. The Hall–Kier alpha value is -3.18. The SMILES string of the molecule is O=C(CCc1cccc(OC2OC(C(=O)O)C(O)C(O)C2O)c1)c1cc(O)ccc1O. The highest BCUT2D eigenvalue weighted by Crippen LogP contribution is 2.27. The second-order valence-corrected chi connectivity index (χ2v) is 7.12.